The Bertz CT molecular complexity index is 760. The molecule has 120 valence electrons. The first-order chi connectivity index (χ1) is 10.8. The second-order valence-electron chi connectivity index (χ2n) is 5.77. The lowest BCUT2D eigenvalue weighted by Gasteiger charge is -2.34. The van der Waals surface area contributed by atoms with E-state index in [2.05, 4.69) is 0 Å². The highest BCUT2D eigenvalue weighted by Crippen LogP contribution is 2.51. The standard InChI is InChI=1S/C15H12FNO6/c16-17-10-2-1-7(12(19)20)5-9(10)15(14(17)23)4-3-11(18)8(6-15)13(21)22/h1-2,5,8H,3-4,6H2,(H,19,20)(H,21,22). The van der Waals surface area contributed by atoms with Gasteiger partial charge in [-0.15, -0.1) is 5.12 Å². The summed E-state index contributed by atoms with van der Waals surface area (Å²) in [5, 5.41) is 18.2. The minimum Gasteiger partial charge on any atom is -0.481 e. The highest BCUT2D eigenvalue weighted by Gasteiger charge is 2.56. The number of rotatable bonds is 2. The number of carboxylic acids is 2. The number of aliphatic carboxylic acids is 1. The maximum atomic E-state index is 14.2. The summed E-state index contributed by atoms with van der Waals surface area (Å²) in [4.78, 5) is 46.5. The summed E-state index contributed by atoms with van der Waals surface area (Å²) in [6, 6.07) is 3.53. The molecule has 23 heavy (non-hydrogen) atoms. The molecule has 1 aromatic carbocycles. The van der Waals surface area contributed by atoms with Gasteiger partial charge >= 0.3 is 11.9 Å². The molecular formula is C15H12FNO6. The molecule has 2 N–H and O–H groups in total. The van der Waals surface area contributed by atoms with Gasteiger partial charge in [-0.2, -0.15) is 0 Å². The highest BCUT2D eigenvalue weighted by molar-refractivity contribution is 6.10. The lowest BCUT2D eigenvalue weighted by Crippen LogP contribution is -2.46. The van der Waals surface area contributed by atoms with Gasteiger partial charge in [-0.05, 0) is 36.6 Å². The van der Waals surface area contributed by atoms with Crippen molar-refractivity contribution >= 4 is 29.3 Å². The van der Waals surface area contributed by atoms with Gasteiger partial charge < -0.3 is 10.2 Å². The topological polar surface area (TPSA) is 112 Å². The number of carbonyl (C=O) groups excluding carboxylic acids is 2. The van der Waals surface area contributed by atoms with Crippen LogP contribution in [0.4, 0.5) is 10.2 Å². The first-order valence-corrected chi connectivity index (χ1v) is 6.91. The number of carbonyl (C=O) groups is 4. The summed E-state index contributed by atoms with van der Waals surface area (Å²) in [5.74, 6) is -5.47. The fraction of sp³-hybridized carbons (Fsp3) is 0.333. The van der Waals surface area contributed by atoms with E-state index >= 15 is 0 Å². The van der Waals surface area contributed by atoms with Crippen molar-refractivity contribution in [3.8, 4) is 0 Å². The molecule has 3 rings (SSSR count). The summed E-state index contributed by atoms with van der Waals surface area (Å²) >= 11 is 0. The van der Waals surface area contributed by atoms with Gasteiger partial charge in [0, 0.05) is 6.42 Å². The van der Waals surface area contributed by atoms with Gasteiger partial charge in [0.2, 0.25) is 0 Å². The molecule has 1 saturated carbocycles. The Labute approximate surface area is 129 Å². The van der Waals surface area contributed by atoms with Crippen LogP contribution in [0.1, 0.15) is 35.2 Å². The predicted molar refractivity (Wildman–Crippen MR) is 73.7 cm³/mol. The number of hydrogen-bond acceptors (Lipinski definition) is 4. The van der Waals surface area contributed by atoms with E-state index < -0.39 is 35.0 Å². The monoisotopic (exact) mass is 321 g/mol. The molecule has 2 aliphatic rings. The van der Waals surface area contributed by atoms with Crippen LogP contribution in [0.3, 0.4) is 0 Å². The maximum Gasteiger partial charge on any atom is 0.335 e. The van der Waals surface area contributed by atoms with E-state index in [1.54, 1.807) is 0 Å². The molecule has 7 nitrogen and oxygen atoms in total. The van der Waals surface area contributed by atoms with Crippen LogP contribution in [0.25, 0.3) is 0 Å². The number of Topliss-reactive ketones (excluding diaryl/α,β-unsaturated/α-hetero) is 1. The number of benzene rings is 1. The fourth-order valence-corrected chi connectivity index (χ4v) is 3.38. The number of halogens is 1. The van der Waals surface area contributed by atoms with Crippen LogP contribution in [0.5, 0.6) is 0 Å². The van der Waals surface area contributed by atoms with Gasteiger partial charge in [0.25, 0.3) is 5.91 Å². The first kappa shape index (κ1) is 15.1. The Hall–Kier alpha value is -2.77. The van der Waals surface area contributed by atoms with E-state index in [0.717, 1.165) is 0 Å². The van der Waals surface area contributed by atoms with Crippen LogP contribution in [0, 0.1) is 5.92 Å². The zero-order chi connectivity index (χ0) is 16.9. The van der Waals surface area contributed by atoms with Gasteiger partial charge in [-0.25, -0.2) is 4.79 Å². The third kappa shape index (κ3) is 2.01. The smallest absolute Gasteiger partial charge is 0.335 e. The summed E-state index contributed by atoms with van der Waals surface area (Å²) in [5.41, 5.74) is -1.61. The lowest BCUT2D eigenvalue weighted by atomic mass is 9.66. The van der Waals surface area contributed by atoms with Crippen molar-refractivity contribution in [3.63, 3.8) is 0 Å². The first-order valence-electron chi connectivity index (χ1n) is 6.91. The van der Waals surface area contributed by atoms with Crippen molar-refractivity contribution in [1.29, 1.82) is 0 Å². The van der Waals surface area contributed by atoms with Gasteiger partial charge in [-0.3, -0.25) is 14.4 Å². The number of amides is 1. The second kappa shape index (κ2) is 4.87. The third-order valence-electron chi connectivity index (χ3n) is 4.60. The molecule has 0 bridgehead atoms. The van der Waals surface area contributed by atoms with Crippen molar-refractivity contribution in [2.75, 3.05) is 5.12 Å². The quantitative estimate of drug-likeness (QED) is 0.627. The molecule has 0 aromatic heterocycles. The van der Waals surface area contributed by atoms with E-state index in [4.69, 9.17) is 10.2 Å². The highest BCUT2D eigenvalue weighted by atomic mass is 19.2. The maximum absolute atomic E-state index is 14.2. The second-order valence-corrected chi connectivity index (χ2v) is 5.77. The van der Waals surface area contributed by atoms with Gasteiger partial charge in [0.1, 0.15) is 11.7 Å². The summed E-state index contributed by atoms with van der Waals surface area (Å²) in [7, 11) is 0. The number of aromatic carboxylic acids is 1. The van der Waals surface area contributed by atoms with Crippen molar-refractivity contribution in [3.05, 3.63) is 29.3 Å². The Morgan fingerprint density at radius 3 is 2.57 bits per heavy atom. The molecule has 1 spiro atoms. The molecule has 8 heteroatoms. The van der Waals surface area contributed by atoms with Gasteiger partial charge in [-0.1, -0.05) is 4.48 Å². The fourth-order valence-electron chi connectivity index (χ4n) is 3.38. The predicted octanol–water partition coefficient (Wildman–Crippen LogP) is 1.31. The summed E-state index contributed by atoms with van der Waals surface area (Å²) in [6.45, 7) is 0. The lowest BCUT2D eigenvalue weighted by molar-refractivity contribution is -0.149. The minimum atomic E-state index is -1.51. The number of ketones is 1. The molecule has 0 saturated heterocycles. The largest absolute Gasteiger partial charge is 0.481 e. The molecule has 1 heterocycles. The zero-order valence-electron chi connectivity index (χ0n) is 11.8. The normalized spacial score (nSPS) is 26.5. The number of hydrogen-bond donors (Lipinski definition) is 2. The molecule has 1 amide bonds. The molecule has 0 radical (unpaired) electrons. The van der Waals surface area contributed by atoms with Crippen molar-refractivity contribution in [2.24, 2.45) is 5.92 Å². The number of fused-ring (bicyclic) bond motifs is 2. The SMILES string of the molecule is O=C(O)c1ccc2c(c1)C1(CCC(=O)C(C(=O)O)C1)C(=O)N2F. The Morgan fingerprint density at radius 2 is 1.96 bits per heavy atom. The van der Waals surface area contributed by atoms with E-state index in [1.807, 2.05) is 0 Å². The molecule has 2 unspecified atom stereocenters. The molecule has 1 aliphatic heterocycles. The van der Waals surface area contributed by atoms with E-state index in [9.17, 15) is 23.7 Å². The van der Waals surface area contributed by atoms with Crippen LogP contribution in [0.15, 0.2) is 18.2 Å². The van der Waals surface area contributed by atoms with Crippen molar-refractivity contribution in [2.45, 2.75) is 24.7 Å². The van der Waals surface area contributed by atoms with Crippen LogP contribution in [-0.4, -0.2) is 33.8 Å². The van der Waals surface area contributed by atoms with Crippen LogP contribution < -0.4 is 5.12 Å². The molecule has 2 atom stereocenters. The molecule has 1 aromatic rings. The van der Waals surface area contributed by atoms with Crippen molar-refractivity contribution in [1.82, 2.24) is 0 Å². The van der Waals surface area contributed by atoms with Gasteiger partial charge in [0.15, 0.2) is 0 Å². The number of nitrogens with zero attached hydrogens (tertiary/aromatic N) is 1. The van der Waals surface area contributed by atoms with Crippen molar-refractivity contribution < 1.29 is 33.9 Å². The molecule has 1 fully saturated rings. The Morgan fingerprint density at radius 1 is 1.26 bits per heavy atom. The average molecular weight is 321 g/mol. The third-order valence-corrected chi connectivity index (χ3v) is 4.60. The van der Waals surface area contributed by atoms with Crippen LogP contribution in [-0.2, 0) is 19.8 Å². The number of carboxylic acid groups (broad SMARTS) is 2. The van der Waals surface area contributed by atoms with Gasteiger partial charge in [0.05, 0.1) is 16.7 Å². The Balaban J connectivity index is 2.15. The minimum absolute atomic E-state index is 0.0368. The zero-order valence-corrected chi connectivity index (χ0v) is 11.8. The van der Waals surface area contributed by atoms with Crippen LogP contribution >= 0.6 is 0 Å². The summed E-state index contributed by atoms with van der Waals surface area (Å²) < 4.78 is 14.2. The van der Waals surface area contributed by atoms with E-state index in [1.165, 1.54) is 18.2 Å². The Kier molecular flexibility index (Phi) is 3.20. The number of anilines is 1. The van der Waals surface area contributed by atoms with E-state index in [0.29, 0.717) is 0 Å². The average Bonchev–Trinajstić information content (AvgIpc) is 2.71. The van der Waals surface area contributed by atoms with Crippen LogP contribution in [0.2, 0.25) is 0 Å². The van der Waals surface area contributed by atoms with E-state index in [-0.39, 0.29) is 41.2 Å². The summed E-state index contributed by atoms with van der Waals surface area (Å²) in [6.07, 6.45) is -0.575. The molecule has 1 aliphatic carbocycles. The molecular weight excluding hydrogens is 309 g/mol.